The second-order valence-corrected chi connectivity index (χ2v) is 7.47. The summed E-state index contributed by atoms with van der Waals surface area (Å²) in [6, 6.07) is 4.50. The van der Waals surface area contributed by atoms with E-state index in [-0.39, 0.29) is 0 Å². The molecular formula is C12H13Br2NOS. The van der Waals surface area contributed by atoms with E-state index in [4.69, 9.17) is 4.42 Å². The summed E-state index contributed by atoms with van der Waals surface area (Å²) in [7, 11) is 0. The van der Waals surface area contributed by atoms with Gasteiger partial charge in [0.25, 0.3) is 0 Å². The average Bonchev–Trinajstić information content (AvgIpc) is 2.88. The van der Waals surface area contributed by atoms with Crippen LogP contribution in [0.25, 0.3) is 0 Å². The zero-order chi connectivity index (χ0) is 12.3. The maximum atomic E-state index is 5.12. The molecule has 0 saturated carbocycles. The maximum absolute atomic E-state index is 5.12. The predicted octanol–water partition coefficient (Wildman–Crippen LogP) is 4.76. The van der Waals surface area contributed by atoms with Gasteiger partial charge in [-0.15, -0.1) is 11.3 Å². The van der Waals surface area contributed by atoms with Gasteiger partial charge in [-0.25, -0.2) is 0 Å². The molecule has 92 valence electrons. The summed E-state index contributed by atoms with van der Waals surface area (Å²) in [6.07, 6.45) is 4.46. The second-order valence-electron chi connectivity index (χ2n) is 3.73. The fraction of sp³-hybridized carbons (Fsp3) is 0.333. The Hall–Kier alpha value is -0.100. The first kappa shape index (κ1) is 13.3. The first-order valence-corrected chi connectivity index (χ1v) is 7.80. The van der Waals surface area contributed by atoms with E-state index in [1.807, 2.05) is 6.07 Å². The van der Waals surface area contributed by atoms with Gasteiger partial charge >= 0.3 is 0 Å². The lowest BCUT2D eigenvalue weighted by molar-refractivity contribution is 0.534. The van der Waals surface area contributed by atoms with Crippen LogP contribution in [0.2, 0.25) is 0 Å². The largest absolute Gasteiger partial charge is 0.472 e. The van der Waals surface area contributed by atoms with E-state index >= 15 is 0 Å². The lowest BCUT2D eigenvalue weighted by Gasteiger charge is -2.16. The SMILES string of the molecule is CCNC(Cc1ccoc1)c1cc(Br)sc1Br. The molecule has 2 rings (SSSR count). The van der Waals surface area contributed by atoms with E-state index < -0.39 is 0 Å². The summed E-state index contributed by atoms with van der Waals surface area (Å²) in [5, 5.41) is 3.51. The van der Waals surface area contributed by atoms with Gasteiger partial charge in [-0.1, -0.05) is 6.92 Å². The van der Waals surface area contributed by atoms with Gasteiger partial charge in [0.1, 0.15) is 0 Å². The zero-order valence-corrected chi connectivity index (χ0v) is 13.4. The van der Waals surface area contributed by atoms with Gasteiger partial charge in [0.15, 0.2) is 0 Å². The number of furan rings is 1. The number of nitrogens with one attached hydrogen (secondary N) is 1. The highest BCUT2D eigenvalue weighted by Gasteiger charge is 2.17. The van der Waals surface area contributed by atoms with Gasteiger partial charge in [-0.2, -0.15) is 0 Å². The first-order valence-electron chi connectivity index (χ1n) is 5.40. The Morgan fingerprint density at radius 3 is 2.82 bits per heavy atom. The Morgan fingerprint density at radius 1 is 1.47 bits per heavy atom. The van der Waals surface area contributed by atoms with Gasteiger partial charge in [-0.05, 0) is 68.1 Å². The molecule has 2 heterocycles. The number of hydrogen-bond donors (Lipinski definition) is 1. The average molecular weight is 379 g/mol. The van der Waals surface area contributed by atoms with Crippen LogP contribution in [0.5, 0.6) is 0 Å². The minimum Gasteiger partial charge on any atom is -0.472 e. The number of thiophene rings is 1. The summed E-state index contributed by atoms with van der Waals surface area (Å²) in [5.41, 5.74) is 2.51. The van der Waals surface area contributed by atoms with Crippen LogP contribution in [0.1, 0.15) is 24.1 Å². The topological polar surface area (TPSA) is 25.2 Å². The summed E-state index contributed by atoms with van der Waals surface area (Å²) >= 11 is 8.85. The first-order chi connectivity index (χ1) is 8.20. The molecular weight excluding hydrogens is 366 g/mol. The molecule has 0 bridgehead atoms. The van der Waals surface area contributed by atoms with Crippen LogP contribution in [0, 0.1) is 0 Å². The molecule has 0 fully saturated rings. The Morgan fingerprint density at radius 2 is 2.29 bits per heavy atom. The lowest BCUT2D eigenvalue weighted by Crippen LogP contribution is -2.22. The Balaban J connectivity index is 2.19. The van der Waals surface area contributed by atoms with Gasteiger partial charge in [0.2, 0.25) is 0 Å². The van der Waals surface area contributed by atoms with Crippen molar-refractivity contribution in [2.45, 2.75) is 19.4 Å². The van der Waals surface area contributed by atoms with Crippen molar-refractivity contribution in [3.8, 4) is 0 Å². The maximum Gasteiger partial charge on any atom is 0.0935 e. The van der Waals surface area contributed by atoms with Gasteiger partial charge in [0, 0.05) is 6.04 Å². The molecule has 0 aromatic carbocycles. The summed E-state index contributed by atoms with van der Waals surface area (Å²) in [4.78, 5) is 0. The lowest BCUT2D eigenvalue weighted by atomic mass is 10.0. The summed E-state index contributed by atoms with van der Waals surface area (Å²) < 4.78 is 7.45. The standard InChI is InChI=1S/C12H13Br2NOS/c1-2-15-10(5-8-3-4-16-7-8)9-6-11(13)17-12(9)14/h3-4,6-7,10,15H,2,5H2,1H3. The van der Waals surface area contributed by atoms with Crippen molar-refractivity contribution in [2.75, 3.05) is 6.54 Å². The van der Waals surface area contributed by atoms with Crippen molar-refractivity contribution in [3.05, 3.63) is 43.4 Å². The molecule has 0 spiro atoms. The van der Waals surface area contributed by atoms with E-state index in [1.54, 1.807) is 23.9 Å². The highest BCUT2D eigenvalue weighted by molar-refractivity contribution is 9.12. The highest BCUT2D eigenvalue weighted by Crippen LogP contribution is 2.36. The minimum atomic E-state index is 0.314. The highest BCUT2D eigenvalue weighted by atomic mass is 79.9. The Labute approximate surface area is 122 Å². The number of halogens is 2. The number of hydrogen-bond acceptors (Lipinski definition) is 3. The molecule has 0 radical (unpaired) electrons. The smallest absolute Gasteiger partial charge is 0.0935 e. The second kappa shape index (κ2) is 6.18. The molecule has 17 heavy (non-hydrogen) atoms. The Kier molecular flexibility index (Phi) is 4.85. The molecule has 0 aliphatic heterocycles. The Bertz CT molecular complexity index is 467. The van der Waals surface area contributed by atoms with Crippen LogP contribution in [-0.4, -0.2) is 6.54 Å². The third kappa shape index (κ3) is 3.44. The molecule has 1 unspecified atom stereocenters. The van der Waals surface area contributed by atoms with Crippen LogP contribution < -0.4 is 5.32 Å². The van der Waals surface area contributed by atoms with Crippen LogP contribution in [0.3, 0.4) is 0 Å². The molecule has 1 atom stereocenters. The van der Waals surface area contributed by atoms with E-state index in [0.717, 1.165) is 16.8 Å². The quantitative estimate of drug-likeness (QED) is 0.811. The molecule has 5 heteroatoms. The van der Waals surface area contributed by atoms with E-state index in [2.05, 4.69) is 50.2 Å². The molecule has 0 amide bonds. The van der Waals surface area contributed by atoms with Crippen molar-refractivity contribution < 1.29 is 4.42 Å². The molecule has 2 aromatic rings. The summed E-state index contributed by atoms with van der Waals surface area (Å²) in [6.45, 7) is 3.07. The van der Waals surface area contributed by atoms with E-state index in [0.29, 0.717) is 6.04 Å². The van der Waals surface area contributed by atoms with E-state index in [9.17, 15) is 0 Å². The van der Waals surface area contributed by atoms with Crippen molar-refractivity contribution in [1.82, 2.24) is 5.32 Å². The third-order valence-electron chi connectivity index (χ3n) is 2.53. The van der Waals surface area contributed by atoms with Crippen LogP contribution in [0.15, 0.2) is 36.6 Å². The monoisotopic (exact) mass is 377 g/mol. The number of likely N-dealkylation sites (N-methyl/N-ethyl adjacent to an activating group) is 1. The zero-order valence-electron chi connectivity index (χ0n) is 9.37. The predicted molar refractivity (Wildman–Crippen MR) is 78.5 cm³/mol. The normalized spacial score (nSPS) is 12.9. The van der Waals surface area contributed by atoms with Crippen molar-refractivity contribution in [2.24, 2.45) is 0 Å². The van der Waals surface area contributed by atoms with E-state index in [1.165, 1.54) is 14.9 Å². The fourth-order valence-electron chi connectivity index (χ4n) is 1.77. The van der Waals surface area contributed by atoms with Gasteiger partial charge in [-0.3, -0.25) is 0 Å². The molecule has 0 aliphatic carbocycles. The molecule has 2 nitrogen and oxygen atoms in total. The fourth-order valence-corrected chi connectivity index (χ4v) is 4.75. The van der Waals surface area contributed by atoms with Crippen LogP contribution >= 0.6 is 43.2 Å². The molecule has 1 N–H and O–H groups in total. The van der Waals surface area contributed by atoms with Crippen molar-refractivity contribution >= 4 is 43.2 Å². The van der Waals surface area contributed by atoms with Crippen LogP contribution in [0.4, 0.5) is 0 Å². The summed E-state index contributed by atoms with van der Waals surface area (Å²) in [5.74, 6) is 0. The molecule has 2 aromatic heterocycles. The molecule has 0 saturated heterocycles. The molecule has 0 aliphatic rings. The minimum absolute atomic E-state index is 0.314. The van der Waals surface area contributed by atoms with Crippen LogP contribution in [-0.2, 0) is 6.42 Å². The van der Waals surface area contributed by atoms with Gasteiger partial charge in [0.05, 0.1) is 20.1 Å². The third-order valence-corrected chi connectivity index (χ3v) is 4.91. The van der Waals surface area contributed by atoms with Crippen molar-refractivity contribution in [1.29, 1.82) is 0 Å². The number of rotatable bonds is 5. The van der Waals surface area contributed by atoms with Gasteiger partial charge < -0.3 is 9.73 Å². The van der Waals surface area contributed by atoms with Crippen molar-refractivity contribution in [3.63, 3.8) is 0 Å².